The van der Waals surface area contributed by atoms with E-state index in [1.165, 1.54) is 12.1 Å². The Kier molecular flexibility index (Phi) is 4.24. The van der Waals surface area contributed by atoms with E-state index in [-0.39, 0.29) is 5.56 Å². The van der Waals surface area contributed by atoms with Gasteiger partial charge in [-0.05, 0) is 25.1 Å². The highest BCUT2D eigenvalue weighted by atomic mass is 16.5. The van der Waals surface area contributed by atoms with Gasteiger partial charge in [0.05, 0.1) is 16.9 Å². The van der Waals surface area contributed by atoms with Crippen molar-refractivity contribution in [3.63, 3.8) is 0 Å². The normalized spacial score (nSPS) is 10.3. The number of aromatic carboxylic acids is 1. The molecule has 0 aliphatic rings. The molecule has 1 aromatic heterocycles. The molecule has 20 heavy (non-hydrogen) atoms. The fourth-order valence-corrected chi connectivity index (χ4v) is 1.85. The number of hydrogen-bond acceptors (Lipinski definition) is 4. The molecule has 6 nitrogen and oxygen atoms in total. The molecular formula is C14H17N3O3. The topological polar surface area (TPSA) is 76.4 Å². The van der Waals surface area contributed by atoms with Crippen LogP contribution in [-0.4, -0.2) is 34.0 Å². The second-order valence-electron chi connectivity index (χ2n) is 4.41. The first-order valence-corrected chi connectivity index (χ1v) is 6.26. The van der Waals surface area contributed by atoms with Crippen molar-refractivity contribution >= 4 is 11.7 Å². The maximum Gasteiger partial charge on any atom is 0.335 e. The summed E-state index contributed by atoms with van der Waals surface area (Å²) >= 11 is 0. The number of nitrogens with one attached hydrogen (secondary N) is 1. The number of hydrogen-bond donors (Lipinski definition) is 2. The zero-order chi connectivity index (χ0) is 14.5. The molecule has 0 unspecified atom stereocenters. The third-order valence-corrected chi connectivity index (χ3v) is 2.78. The average Bonchev–Trinajstić information content (AvgIpc) is 2.73. The molecule has 106 valence electrons. The monoisotopic (exact) mass is 275 g/mol. The van der Waals surface area contributed by atoms with E-state index in [4.69, 9.17) is 9.84 Å². The average molecular weight is 275 g/mol. The smallest absolute Gasteiger partial charge is 0.335 e. The third kappa shape index (κ3) is 3.50. The molecule has 1 aromatic carbocycles. The van der Waals surface area contributed by atoms with Gasteiger partial charge < -0.3 is 15.2 Å². The van der Waals surface area contributed by atoms with Gasteiger partial charge >= 0.3 is 5.97 Å². The minimum Gasteiger partial charge on any atom is -0.492 e. The Hall–Kier alpha value is -2.50. The molecule has 2 aromatic rings. The largest absolute Gasteiger partial charge is 0.492 e. The van der Waals surface area contributed by atoms with Gasteiger partial charge in [-0.25, -0.2) is 4.79 Å². The Morgan fingerprint density at radius 1 is 1.50 bits per heavy atom. The zero-order valence-corrected chi connectivity index (χ0v) is 11.5. The summed E-state index contributed by atoms with van der Waals surface area (Å²) in [7, 11) is 1.87. The summed E-state index contributed by atoms with van der Waals surface area (Å²) in [5.41, 5.74) is 2.12. The van der Waals surface area contributed by atoms with Gasteiger partial charge in [0.15, 0.2) is 0 Å². The highest BCUT2D eigenvalue weighted by Gasteiger charge is 2.04. The second-order valence-corrected chi connectivity index (χ2v) is 4.41. The predicted molar refractivity (Wildman–Crippen MR) is 75.3 cm³/mol. The molecular weight excluding hydrogens is 258 g/mol. The Balaban J connectivity index is 1.83. The molecule has 0 spiro atoms. The fourth-order valence-electron chi connectivity index (χ4n) is 1.85. The van der Waals surface area contributed by atoms with Gasteiger partial charge in [0.1, 0.15) is 12.4 Å². The lowest BCUT2D eigenvalue weighted by Gasteiger charge is -2.08. The molecule has 0 fully saturated rings. The summed E-state index contributed by atoms with van der Waals surface area (Å²) in [5, 5.41) is 16.3. The van der Waals surface area contributed by atoms with Crippen molar-refractivity contribution in [2.24, 2.45) is 7.05 Å². The number of ether oxygens (including phenoxy) is 1. The van der Waals surface area contributed by atoms with E-state index in [1.807, 2.05) is 20.2 Å². The van der Waals surface area contributed by atoms with Gasteiger partial charge in [-0.2, -0.15) is 5.10 Å². The third-order valence-electron chi connectivity index (χ3n) is 2.78. The summed E-state index contributed by atoms with van der Waals surface area (Å²) in [6.07, 6.45) is 1.90. The van der Waals surface area contributed by atoms with Gasteiger partial charge in [0.2, 0.25) is 0 Å². The molecule has 6 heteroatoms. The zero-order valence-electron chi connectivity index (χ0n) is 11.5. The van der Waals surface area contributed by atoms with Crippen LogP contribution in [0.3, 0.4) is 0 Å². The van der Waals surface area contributed by atoms with Crippen LogP contribution in [0.25, 0.3) is 0 Å². The van der Waals surface area contributed by atoms with Gasteiger partial charge in [-0.15, -0.1) is 0 Å². The summed E-state index contributed by atoms with van der Waals surface area (Å²) in [4.78, 5) is 10.8. The van der Waals surface area contributed by atoms with E-state index in [9.17, 15) is 4.79 Å². The summed E-state index contributed by atoms with van der Waals surface area (Å²) in [6, 6.07) is 6.45. The summed E-state index contributed by atoms with van der Waals surface area (Å²) in [6.45, 7) is 2.99. The van der Waals surface area contributed by atoms with E-state index in [2.05, 4.69) is 10.4 Å². The molecule has 2 rings (SSSR count). The minimum atomic E-state index is -0.959. The predicted octanol–water partition coefficient (Wildman–Crippen LogP) is 1.92. The molecule has 0 aliphatic heterocycles. The molecule has 0 aliphatic carbocycles. The SMILES string of the molecule is Cc1nn(C)cc1NCCOc1cccc(C(=O)O)c1. The second kappa shape index (κ2) is 6.10. The van der Waals surface area contributed by atoms with Crippen molar-refractivity contribution in [1.29, 1.82) is 0 Å². The number of carbonyl (C=O) groups is 1. The number of rotatable bonds is 6. The number of aryl methyl sites for hydroxylation is 2. The lowest BCUT2D eigenvalue weighted by atomic mass is 10.2. The lowest BCUT2D eigenvalue weighted by molar-refractivity contribution is 0.0696. The number of carboxylic acid groups (broad SMARTS) is 1. The van der Waals surface area contributed by atoms with Crippen molar-refractivity contribution in [2.75, 3.05) is 18.5 Å². The molecule has 0 atom stereocenters. The Labute approximate surface area is 117 Å². The van der Waals surface area contributed by atoms with Crippen LogP contribution in [0.4, 0.5) is 5.69 Å². The number of carboxylic acids is 1. The molecule has 0 radical (unpaired) electrons. The van der Waals surface area contributed by atoms with E-state index >= 15 is 0 Å². The summed E-state index contributed by atoms with van der Waals surface area (Å²) in [5.74, 6) is -0.408. The van der Waals surface area contributed by atoms with E-state index in [1.54, 1.807) is 16.8 Å². The number of benzene rings is 1. The first-order chi connectivity index (χ1) is 9.56. The van der Waals surface area contributed by atoms with E-state index in [0.29, 0.717) is 18.9 Å². The van der Waals surface area contributed by atoms with Gasteiger partial charge in [0.25, 0.3) is 0 Å². The van der Waals surface area contributed by atoms with Crippen LogP contribution >= 0.6 is 0 Å². The van der Waals surface area contributed by atoms with Crippen molar-refractivity contribution in [2.45, 2.75) is 6.92 Å². The maximum absolute atomic E-state index is 10.8. The molecule has 1 heterocycles. The molecule has 0 amide bonds. The molecule has 0 saturated carbocycles. The van der Waals surface area contributed by atoms with Gasteiger partial charge in [-0.1, -0.05) is 6.07 Å². The molecule has 0 saturated heterocycles. The van der Waals surface area contributed by atoms with Crippen molar-refractivity contribution in [3.8, 4) is 5.75 Å². The first-order valence-electron chi connectivity index (χ1n) is 6.26. The highest BCUT2D eigenvalue weighted by molar-refractivity contribution is 5.87. The number of nitrogens with zero attached hydrogens (tertiary/aromatic N) is 2. The molecule has 0 bridgehead atoms. The molecule has 2 N–H and O–H groups in total. The van der Waals surface area contributed by atoms with Crippen molar-refractivity contribution in [3.05, 3.63) is 41.7 Å². The Bertz CT molecular complexity index is 607. The van der Waals surface area contributed by atoms with Crippen LogP contribution in [0.5, 0.6) is 5.75 Å². The van der Waals surface area contributed by atoms with Crippen LogP contribution in [0.2, 0.25) is 0 Å². The number of anilines is 1. The van der Waals surface area contributed by atoms with Gasteiger partial charge in [-0.3, -0.25) is 4.68 Å². The maximum atomic E-state index is 10.8. The van der Waals surface area contributed by atoms with Crippen LogP contribution in [0.1, 0.15) is 16.1 Å². The Morgan fingerprint density at radius 3 is 2.95 bits per heavy atom. The van der Waals surface area contributed by atoms with Gasteiger partial charge in [0, 0.05) is 19.8 Å². The minimum absolute atomic E-state index is 0.221. The van der Waals surface area contributed by atoms with E-state index < -0.39 is 5.97 Å². The first kappa shape index (κ1) is 13.9. The number of aromatic nitrogens is 2. The highest BCUT2D eigenvalue weighted by Crippen LogP contribution is 2.14. The lowest BCUT2D eigenvalue weighted by Crippen LogP contribution is -2.12. The fraction of sp³-hybridized carbons (Fsp3) is 0.286. The van der Waals surface area contributed by atoms with Crippen LogP contribution < -0.4 is 10.1 Å². The quantitative estimate of drug-likeness (QED) is 0.788. The Morgan fingerprint density at radius 2 is 2.30 bits per heavy atom. The van der Waals surface area contributed by atoms with Crippen molar-refractivity contribution < 1.29 is 14.6 Å². The van der Waals surface area contributed by atoms with Crippen molar-refractivity contribution in [1.82, 2.24) is 9.78 Å². The standard InChI is InChI=1S/C14H17N3O3/c1-10-13(9-17(2)16-10)15-6-7-20-12-5-3-4-11(8-12)14(18)19/h3-5,8-9,15H,6-7H2,1-2H3,(H,18,19). The van der Waals surface area contributed by atoms with E-state index in [0.717, 1.165) is 11.4 Å². The van der Waals surface area contributed by atoms with Crippen LogP contribution in [0.15, 0.2) is 30.5 Å². The van der Waals surface area contributed by atoms with Crippen LogP contribution in [-0.2, 0) is 7.05 Å². The summed E-state index contributed by atoms with van der Waals surface area (Å²) < 4.78 is 7.26. The van der Waals surface area contributed by atoms with Crippen LogP contribution in [0, 0.1) is 6.92 Å².